The average Bonchev–Trinajstić information content (AvgIpc) is 2.62. The lowest BCUT2D eigenvalue weighted by Crippen LogP contribution is -2.48. The van der Waals surface area contributed by atoms with E-state index in [2.05, 4.69) is 10.2 Å². The Morgan fingerprint density at radius 3 is 2.04 bits per heavy atom. The Morgan fingerprint density at radius 1 is 0.880 bits per heavy atom. The third-order valence-electron chi connectivity index (χ3n) is 4.42. The average molecular weight is 337 g/mol. The van der Waals surface area contributed by atoms with Crippen LogP contribution in [-0.4, -0.2) is 42.9 Å². The molecule has 0 bridgehead atoms. The first-order chi connectivity index (χ1) is 12.0. The first kappa shape index (κ1) is 17.0. The van der Waals surface area contributed by atoms with Crippen LogP contribution in [0, 0.1) is 6.92 Å². The van der Waals surface area contributed by atoms with Crippen LogP contribution in [0.25, 0.3) is 0 Å². The Bertz CT molecular complexity index is 746. The molecule has 1 N–H and O–H groups in total. The molecule has 3 rings (SSSR count). The van der Waals surface area contributed by atoms with Crippen LogP contribution in [0.3, 0.4) is 0 Å². The number of aryl methyl sites for hydroxylation is 1. The van der Waals surface area contributed by atoms with Gasteiger partial charge in [-0.1, -0.05) is 17.7 Å². The van der Waals surface area contributed by atoms with Gasteiger partial charge in [-0.3, -0.25) is 9.59 Å². The zero-order valence-corrected chi connectivity index (χ0v) is 14.7. The highest BCUT2D eigenvalue weighted by molar-refractivity contribution is 5.94. The minimum absolute atomic E-state index is 0.0732. The van der Waals surface area contributed by atoms with Gasteiger partial charge in [-0.2, -0.15) is 0 Å². The lowest BCUT2D eigenvalue weighted by molar-refractivity contribution is -0.114. The molecule has 5 nitrogen and oxygen atoms in total. The van der Waals surface area contributed by atoms with Gasteiger partial charge in [0, 0.05) is 50.0 Å². The fraction of sp³-hybridized carbons (Fsp3) is 0.300. The molecular formula is C20H23N3O2. The van der Waals surface area contributed by atoms with Crippen molar-refractivity contribution in [2.45, 2.75) is 13.8 Å². The minimum atomic E-state index is -0.0732. The zero-order valence-electron chi connectivity index (χ0n) is 14.7. The molecular weight excluding hydrogens is 314 g/mol. The van der Waals surface area contributed by atoms with Gasteiger partial charge in [0.1, 0.15) is 0 Å². The number of hydrogen-bond acceptors (Lipinski definition) is 3. The van der Waals surface area contributed by atoms with Crippen molar-refractivity contribution in [3.05, 3.63) is 59.7 Å². The van der Waals surface area contributed by atoms with Crippen LogP contribution in [-0.2, 0) is 4.79 Å². The first-order valence-electron chi connectivity index (χ1n) is 8.51. The summed E-state index contributed by atoms with van der Waals surface area (Å²) < 4.78 is 0. The molecule has 1 fully saturated rings. The van der Waals surface area contributed by atoms with Crippen molar-refractivity contribution in [3.8, 4) is 0 Å². The number of benzene rings is 2. The van der Waals surface area contributed by atoms with Crippen LogP contribution in [0.5, 0.6) is 0 Å². The van der Waals surface area contributed by atoms with Gasteiger partial charge in [-0.25, -0.2) is 0 Å². The smallest absolute Gasteiger partial charge is 0.253 e. The Labute approximate surface area is 148 Å². The summed E-state index contributed by atoms with van der Waals surface area (Å²) in [6.45, 7) is 6.54. The standard InChI is InChI=1S/C20H23N3O2/c1-15-3-5-17(6-4-15)20(25)23-13-11-22(12-14-23)19-9-7-18(8-10-19)21-16(2)24/h3-10H,11-14H2,1-2H3,(H,21,24). The molecule has 25 heavy (non-hydrogen) atoms. The topological polar surface area (TPSA) is 52.7 Å². The van der Waals surface area contributed by atoms with E-state index in [1.807, 2.05) is 60.4 Å². The molecule has 0 saturated carbocycles. The predicted octanol–water partition coefficient (Wildman–Crippen LogP) is 2.92. The van der Waals surface area contributed by atoms with E-state index < -0.39 is 0 Å². The molecule has 0 aliphatic carbocycles. The maximum absolute atomic E-state index is 12.6. The number of hydrogen-bond donors (Lipinski definition) is 1. The van der Waals surface area contributed by atoms with E-state index >= 15 is 0 Å². The maximum Gasteiger partial charge on any atom is 0.253 e. The van der Waals surface area contributed by atoms with Crippen LogP contribution in [0.4, 0.5) is 11.4 Å². The van der Waals surface area contributed by atoms with Crippen molar-refractivity contribution in [1.29, 1.82) is 0 Å². The van der Waals surface area contributed by atoms with Crippen LogP contribution < -0.4 is 10.2 Å². The highest BCUT2D eigenvalue weighted by Crippen LogP contribution is 2.20. The fourth-order valence-electron chi connectivity index (χ4n) is 3.01. The van der Waals surface area contributed by atoms with Crippen molar-refractivity contribution in [3.63, 3.8) is 0 Å². The number of carbonyl (C=O) groups excluding carboxylic acids is 2. The van der Waals surface area contributed by atoms with E-state index in [1.165, 1.54) is 6.92 Å². The maximum atomic E-state index is 12.6. The Hall–Kier alpha value is -2.82. The third-order valence-corrected chi connectivity index (χ3v) is 4.42. The van der Waals surface area contributed by atoms with E-state index in [1.54, 1.807) is 0 Å². The van der Waals surface area contributed by atoms with Crippen molar-refractivity contribution in [2.75, 3.05) is 36.4 Å². The third kappa shape index (κ3) is 4.18. The summed E-state index contributed by atoms with van der Waals surface area (Å²) >= 11 is 0. The summed E-state index contributed by atoms with van der Waals surface area (Å²) in [4.78, 5) is 27.8. The second-order valence-electron chi connectivity index (χ2n) is 6.37. The SMILES string of the molecule is CC(=O)Nc1ccc(N2CCN(C(=O)c3ccc(C)cc3)CC2)cc1. The molecule has 1 saturated heterocycles. The van der Waals surface area contributed by atoms with Crippen LogP contribution in [0.1, 0.15) is 22.8 Å². The number of nitrogens with zero attached hydrogens (tertiary/aromatic N) is 2. The van der Waals surface area contributed by atoms with Crippen molar-refractivity contribution in [2.24, 2.45) is 0 Å². The molecule has 1 heterocycles. The van der Waals surface area contributed by atoms with Crippen molar-refractivity contribution >= 4 is 23.2 Å². The Kier molecular flexibility index (Phi) is 5.03. The lowest BCUT2D eigenvalue weighted by atomic mass is 10.1. The normalized spacial score (nSPS) is 14.3. The van der Waals surface area contributed by atoms with Gasteiger partial charge in [-0.15, -0.1) is 0 Å². The van der Waals surface area contributed by atoms with E-state index in [9.17, 15) is 9.59 Å². The summed E-state index contributed by atoms with van der Waals surface area (Å²) in [5.74, 6) is 0.0247. The first-order valence-corrected chi connectivity index (χ1v) is 8.51. The molecule has 1 aliphatic heterocycles. The zero-order chi connectivity index (χ0) is 17.8. The highest BCUT2D eigenvalue weighted by Gasteiger charge is 2.22. The highest BCUT2D eigenvalue weighted by atomic mass is 16.2. The number of amides is 2. The summed E-state index contributed by atoms with van der Waals surface area (Å²) in [7, 11) is 0. The molecule has 130 valence electrons. The molecule has 0 atom stereocenters. The molecule has 2 aromatic carbocycles. The second kappa shape index (κ2) is 7.38. The Morgan fingerprint density at radius 2 is 1.48 bits per heavy atom. The minimum Gasteiger partial charge on any atom is -0.368 e. The molecule has 0 aromatic heterocycles. The van der Waals surface area contributed by atoms with E-state index in [0.29, 0.717) is 13.1 Å². The summed E-state index contributed by atoms with van der Waals surface area (Å²) in [5.41, 5.74) is 3.81. The van der Waals surface area contributed by atoms with Gasteiger partial charge < -0.3 is 15.1 Å². The second-order valence-corrected chi connectivity index (χ2v) is 6.37. The molecule has 1 aliphatic rings. The van der Waals surface area contributed by atoms with Gasteiger partial charge in [0.05, 0.1) is 0 Å². The van der Waals surface area contributed by atoms with Gasteiger partial charge >= 0.3 is 0 Å². The van der Waals surface area contributed by atoms with Gasteiger partial charge in [0.25, 0.3) is 5.91 Å². The molecule has 2 aromatic rings. The Balaban J connectivity index is 1.58. The molecule has 2 amide bonds. The molecule has 0 radical (unpaired) electrons. The van der Waals surface area contributed by atoms with Gasteiger partial charge in [-0.05, 0) is 43.3 Å². The fourth-order valence-corrected chi connectivity index (χ4v) is 3.01. The summed E-state index contributed by atoms with van der Waals surface area (Å²) in [6.07, 6.45) is 0. The number of rotatable bonds is 3. The van der Waals surface area contributed by atoms with Gasteiger partial charge in [0.15, 0.2) is 0 Å². The predicted molar refractivity (Wildman–Crippen MR) is 100 cm³/mol. The van der Waals surface area contributed by atoms with Gasteiger partial charge in [0.2, 0.25) is 5.91 Å². The van der Waals surface area contributed by atoms with Crippen LogP contribution >= 0.6 is 0 Å². The number of anilines is 2. The van der Waals surface area contributed by atoms with E-state index in [4.69, 9.17) is 0 Å². The largest absolute Gasteiger partial charge is 0.368 e. The summed E-state index contributed by atoms with van der Waals surface area (Å²) in [5, 5.41) is 2.77. The van der Waals surface area contributed by atoms with E-state index in [-0.39, 0.29) is 11.8 Å². The molecule has 0 spiro atoms. The van der Waals surface area contributed by atoms with Crippen LogP contribution in [0.15, 0.2) is 48.5 Å². The lowest BCUT2D eigenvalue weighted by Gasteiger charge is -2.36. The summed E-state index contributed by atoms with van der Waals surface area (Å²) in [6, 6.07) is 15.5. The van der Waals surface area contributed by atoms with Crippen molar-refractivity contribution in [1.82, 2.24) is 4.90 Å². The molecule has 0 unspecified atom stereocenters. The monoisotopic (exact) mass is 337 g/mol. The number of nitrogens with one attached hydrogen (secondary N) is 1. The number of carbonyl (C=O) groups is 2. The number of piperazine rings is 1. The van der Waals surface area contributed by atoms with E-state index in [0.717, 1.165) is 35.6 Å². The van der Waals surface area contributed by atoms with Crippen molar-refractivity contribution < 1.29 is 9.59 Å². The quantitative estimate of drug-likeness (QED) is 0.937. The van der Waals surface area contributed by atoms with Crippen LogP contribution in [0.2, 0.25) is 0 Å². The molecule has 5 heteroatoms.